The van der Waals surface area contributed by atoms with Crippen LogP contribution in [0.1, 0.15) is 44.1 Å². The van der Waals surface area contributed by atoms with Crippen LogP contribution in [0.2, 0.25) is 5.02 Å². The molecular weight excluding hydrogens is 375 g/mol. The van der Waals surface area contributed by atoms with Crippen molar-refractivity contribution in [2.45, 2.75) is 55.1 Å². The summed E-state index contributed by atoms with van der Waals surface area (Å²) < 4.78 is 67.3. The van der Waals surface area contributed by atoms with Crippen molar-refractivity contribution in [1.82, 2.24) is 4.72 Å². The van der Waals surface area contributed by atoms with E-state index in [2.05, 4.69) is 4.72 Å². The predicted octanol–water partition coefficient (Wildman–Crippen LogP) is 4.61. The first kappa shape index (κ1) is 17.6. The van der Waals surface area contributed by atoms with Gasteiger partial charge in [-0.3, -0.25) is 0 Å². The molecule has 0 heterocycles. The fourth-order valence-corrected chi connectivity index (χ4v) is 7.42. The minimum Gasteiger partial charge on any atom is -0.207 e. The van der Waals surface area contributed by atoms with Crippen molar-refractivity contribution in [3.05, 3.63) is 28.8 Å². The van der Waals surface area contributed by atoms with E-state index in [0.29, 0.717) is 23.8 Å². The van der Waals surface area contributed by atoms with Crippen molar-refractivity contribution in [2.24, 2.45) is 17.8 Å². The molecule has 1 N–H and O–H groups in total. The average molecular weight is 394 g/mol. The molecule has 0 atom stereocenters. The number of hydrogen-bond donors (Lipinski definition) is 1. The number of alkyl halides is 3. The molecule has 138 valence electrons. The molecule has 4 fully saturated rings. The summed E-state index contributed by atoms with van der Waals surface area (Å²) in [5.74, 6) is 1.56. The van der Waals surface area contributed by atoms with Gasteiger partial charge in [0.15, 0.2) is 0 Å². The standard InChI is InChI=1S/C17H19ClF3NO2S/c18-14-2-1-13(17(19,20)21)6-15(14)25(23,24)22-16-7-10-3-11(8-16)5-12(4-10)9-16/h1-2,6,10-12,22H,3-5,7-9H2. The lowest BCUT2D eigenvalue weighted by molar-refractivity contribution is -0.137. The van der Waals surface area contributed by atoms with Gasteiger partial charge in [-0.1, -0.05) is 11.6 Å². The van der Waals surface area contributed by atoms with Crippen LogP contribution >= 0.6 is 11.6 Å². The summed E-state index contributed by atoms with van der Waals surface area (Å²) in [6.07, 6.45) is 1.13. The molecule has 4 saturated carbocycles. The second-order valence-corrected chi connectivity index (χ2v) is 10.0. The predicted molar refractivity (Wildman–Crippen MR) is 87.7 cm³/mol. The van der Waals surface area contributed by atoms with E-state index in [4.69, 9.17) is 11.6 Å². The molecule has 5 rings (SSSR count). The first-order chi connectivity index (χ1) is 11.6. The van der Waals surface area contributed by atoms with Crippen molar-refractivity contribution in [1.29, 1.82) is 0 Å². The molecule has 3 nitrogen and oxygen atoms in total. The Morgan fingerprint density at radius 1 is 1.04 bits per heavy atom. The van der Waals surface area contributed by atoms with Crippen molar-refractivity contribution in [2.75, 3.05) is 0 Å². The first-order valence-electron chi connectivity index (χ1n) is 8.47. The molecule has 1 aromatic rings. The Labute approximate surface area is 150 Å². The fraction of sp³-hybridized carbons (Fsp3) is 0.647. The van der Waals surface area contributed by atoms with Crippen molar-refractivity contribution < 1.29 is 21.6 Å². The Morgan fingerprint density at radius 3 is 2.04 bits per heavy atom. The lowest BCUT2D eigenvalue weighted by Crippen LogP contribution is -2.59. The van der Waals surface area contributed by atoms with Gasteiger partial charge in [0.05, 0.1) is 10.6 Å². The van der Waals surface area contributed by atoms with Crippen LogP contribution in [0.25, 0.3) is 0 Å². The van der Waals surface area contributed by atoms with Crippen LogP contribution in [0.15, 0.2) is 23.1 Å². The molecule has 1 aromatic carbocycles. The maximum atomic E-state index is 12.9. The van der Waals surface area contributed by atoms with Gasteiger partial charge >= 0.3 is 6.18 Å². The van der Waals surface area contributed by atoms with Crippen LogP contribution in [0.3, 0.4) is 0 Å². The zero-order chi connectivity index (χ0) is 18.0. The smallest absolute Gasteiger partial charge is 0.207 e. The molecule has 0 spiro atoms. The second-order valence-electron chi connectivity index (χ2n) is 7.95. The Morgan fingerprint density at radius 2 is 1.56 bits per heavy atom. The topological polar surface area (TPSA) is 46.2 Å². The van der Waals surface area contributed by atoms with E-state index < -0.39 is 32.2 Å². The quantitative estimate of drug-likeness (QED) is 0.815. The highest BCUT2D eigenvalue weighted by molar-refractivity contribution is 7.89. The van der Waals surface area contributed by atoms with Gasteiger partial charge in [0.1, 0.15) is 4.90 Å². The third kappa shape index (κ3) is 3.19. The third-order valence-electron chi connectivity index (χ3n) is 5.94. The number of benzene rings is 1. The monoisotopic (exact) mass is 393 g/mol. The van der Waals surface area contributed by atoms with Gasteiger partial charge in [0.2, 0.25) is 10.0 Å². The van der Waals surface area contributed by atoms with E-state index in [1.54, 1.807) is 0 Å². The lowest BCUT2D eigenvalue weighted by Gasteiger charge is -2.56. The maximum Gasteiger partial charge on any atom is 0.416 e. The Balaban J connectivity index is 1.67. The van der Waals surface area contributed by atoms with Gasteiger partial charge in [0, 0.05) is 5.54 Å². The fourth-order valence-electron chi connectivity index (χ4n) is 5.46. The normalized spacial score (nSPS) is 34.5. The van der Waals surface area contributed by atoms with Gasteiger partial charge in [0.25, 0.3) is 0 Å². The Kier molecular flexibility index (Phi) is 3.95. The Bertz CT molecular complexity index is 771. The minimum atomic E-state index is -4.62. The zero-order valence-electron chi connectivity index (χ0n) is 13.4. The van der Waals surface area contributed by atoms with Crippen LogP contribution in [-0.4, -0.2) is 14.0 Å². The number of hydrogen-bond acceptors (Lipinski definition) is 2. The molecule has 0 unspecified atom stereocenters. The highest BCUT2D eigenvalue weighted by atomic mass is 35.5. The number of sulfonamides is 1. The van der Waals surface area contributed by atoms with Crippen LogP contribution in [0.4, 0.5) is 13.2 Å². The minimum absolute atomic E-state index is 0.190. The van der Waals surface area contributed by atoms with E-state index in [1.807, 2.05) is 0 Å². The molecule has 4 aliphatic carbocycles. The SMILES string of the molecule is O=S(=O)(NC12CC3CC(CC(C3)C1)C2)c1cc(C(F)(F)F)ccc1Cl. The summed E-state index contributed by atoms with van der Waals surface area (Å²) in [6, 6.07) is 2.43. The lowest BCUT2D eigenvalue weighted by atomic mass is 9.53. The maximum absolute atomic E-state index is 12.9. The van der Waals surface area contributed by atoms with Gasteiger partial charge in [-0.2, -0.15) is 13.2 Å². The summed E-state index contributed by atoms with van der Waals surface area (Å²) in [5.41, 5.74) is -1.53. The van der Waals surface area contributed by atoms with Crippen molar-refractivity contribution in [3.63, 3.8) is 0 Å². The summed E-state index contributed by atoms with van der Waals surface area (Å²) in [4.78, 5) is -0.486. The number of halogens is 4. The first-order valence-corrected chi connectivity index (χ1v) is 10.3. The van der Waals surface area contributed by atoms with Crippen LogP contribution in [0.5, 0.6) is 0 Å². The molecular formula is C17H19ClF3NO2S. The Hall–Kier alpha value is -0.790. The van der Waals surface area contributed by atoms with Gasteiger partial charge in [-0.15, -0.1) is 0 Å². The van der Waals surface area contributed by atoms with Crippen LogP contribution in [-0.2, 0) is 16.2 Å². The largest absolute Gasteiger partial charge is 0.416 e. The second kappa shape index (κ2) is 5.60. The van der Waals surface area contributed by atoms with Crippen molar-refractivity contribution in [3.8, 4) is 0 Å². The highest BCUT2D eigenvalue weighted by Gasteiger charge is 2.52. The van der Waals surface area contributed by atoms with Crippen molar-refractivity contribution >= 4 is 21.6 Å². The molecule has 4 aliphatic rings. The molecule has 0 saturated heterocycles. The van der Waals surface area contributed by atoms with Gasteiger partial charge in [-0.25, -0.2) is 13.1 Å². The van der Waals surface area contributed by atoms with Gasteiger partial charge in [-0.05, 0) is 74.5 Å². The number of rotatable bonds is 3. The molecule has 25 heavy (non-hydrogen) atoms. The summed E-state index contributed by atoms with van der Waals surface area (Å²) >= 11 is 5.93. The summed E-state index contributed by atoms with van der Waals surface area (Å²) in [5, 5.41) is -0.190. The van der Waals surface area contributed by atoms with E-state index in [-0.39, 0.29) is 5.02 Å². The molecule has 0 aromatic heterocycles. The highest BCUT2D eigenvalue weighted by Crippen LogP contribution is 2.56. The summed E-state index contributed by atoms with van der Waals surface area (Å²) in [7, 11) is -4.12. The number of nitrogens with one attached hydrogen (secondary N) is 1. The average Bonchev–Trinajstić information content (AvgIpc) is 2.43. The van der Waals surface area contributed by atoms with Crippen LogP contribution in [0, 0.1) is 17.8 Å². The molecule has 0 aliphatic heterocycles. The summed E-state index contributed by atoms with van der Waals surface area (Å²) in [6.45, 7) is 0. The van der Waals surface area contributed by atoms with E-state index >= 15 is 0 Å². The van der Waals surface area contributed by atoms with Crippen LogP contribution < -0.4 is 4.72 Å². The van der Waals surface area contributed by atoms with E-state index in [9.17, 15) is 21.6 Å². The van der Waals surface area contributed by atoms with E-state index in [0.717, 1.165) is 50.7 Å². The molecule has 8 heteroatoms. The van der Waals surface area contributed by atoms with Gasteiger partial charge < -0.3 is 0 Å². The van der Waals surface area contributed by atoms with E-state index in [1.165, 1.54) is 0 Å². The molecule has 0 amide bonds. The molecule has 0 radical (unpaired) electrons. The molecule has 4 bridgehead atoms. The zero-order valence-corrected chi connectivity index (χ0v) is 15.0. The third-order valence-corrected chi connectivity index (χ3v) is 8.00.